The molecule has 0 fully saturated rings. The minimum Gasteiger partial charge on any atom is -0.464 e. The first-order valence-electron chi connectivity index (χ1n) is 5.22. The summed E-state index contributed by atoms with van der Waals surface area (Å²) in [4.78, 5) is 0. The van der Waals surface area contributed by atoms with Crippen molar-refractivity contribution in [1.82, 2.24) is 5.32 Å². The third kappa shape index (κ3) is 3.12. The Balaban J connectivity index is 2.70. The number of nitrogens with two attached hydrogens (primary N) is 1. The molecule has 0 bridgehead atoms. The van der Waals surface area contributed by atoms with Crippen LogP contribution in [0.2, 0.25) is 0 Å². The van der Waals surface area contributed by atoms with Gasteiger partial charge in [-0.2, -0.15) is 0 Å². The molecule has 0 aliphatic rings. The van der Waals surface area contributed by atoms with Gasteiger partial charge in [-0.15, -0.1) is 6.42 Å². The second-order valence-corrected chi connectivity index (χ2v) is 3.50. The Bertz CT molecular complexity index is 338. The SMILES string of the molecule is C#CC(C)NC(CN)c1ccc(CC)o1. The van der Waals surface area contributed by atoms with E-state index >= 15 is 0 Å². The normalized spacial score (nSPS) is 14.5. The fourth-order valence-corrected chi connectivity index (χ4v) is 1.39. The monoisotopic (exact) mass is 206 g/mol. The van der Waals surface area contributed by atoms with Crippen molar-refractivity contribution in [1.29, 1.82) is 0 Å². The van der Waals surface area contributed by atoms with Crippen LogP contribution in [0.5, 0.6) is 0 Å². The fraction of sp³-hybridized carbons (Fsp3) is 0.500. The van der Waals surface area contributed by atoms with Gasteiger partial charge in [-0.1, -0.05) is 12.8 Å². The maximum atomic E-state index is 5.67. The van der Waals surface area contributed by atoms with Gasteiger partial charge in [0.2, 0.25) is 0 Å². The highest BCUT2D eigenvalue weighted by Gasteiger charge is 2.14. The molecule has 0 spiro atoms. The average molecular weight is 206 g/mol. The first-order chi connectivity index (χ1) is 7.21. The summed E-state index contributed by atoms with van der Waals surface area (Å²) >= 11 is 0. The molecule has 1 heterocycles. The number of aryl methyl sites for hydroxylation is 1. The van der Waals surface area contributed by atoms with Crippen molar-refractivity contribution in [2.24, 2.45) is 5.73 Å². The smallest absolute Gasteiger partial charge is 0.122 e. The molecule has 0 aliphatic heterocycles. The first-order valence-corrected chi connectivity index (χ1v) is 5.22. The van der Waals surface area contributed by atoms with Crippen LogP contribution in [-0.4, -0.2) is 12.6 Å². The molecule has 2 atom stereocenters. The second-order valence-electron chi connectivity index (χ2n) is 3.50. The summed E-state index contributed by atoms with van der Waals surface area (Å²) in [5.74, 6) is 4.44. The van der Waals surface area contributed by atoms with Gasteiger partial charge in [0.25, 0.3) is 0 Å². The highest BCUT2D eigenvalue weighted by atomic mass is 16.3. The van der Waals surface area contributed by atoms with Crippen molar-refractivity contribution in [2.45, 2.75) is 32.4 Å². The molecule has 0 saturated carbocycles. The maximum absolute atomic E-state index is 5.67. The van der Waals surface area contributed by atoms with E-state index in [-0.39, 0.29) is 12.1 Å². The van der Waals surface area contributed by atoms with Crippen molar-refractivity contribution >= 4 is 0 Å². The topological polar surface area (TPSA) is 51.2 Å². The lowest BCUT2D eigenvalue weighted by atomic mass is 10.2. The molecule has 3 heteroatoms. The third-order valence-corrected chi connectivity index (χ3v) is 2.31. The standard InChI is InChI=1S/C12H18N2O/c1-4-9(3)14-11(8-13)12-7-6-10(5-2)15-12/h1,6-7,9,11,14H,5,8,13H2,2-3H3. The lowest BCUT2D eigenvalue weighted by molar-refractivity contribution is 0.390. The van der Waals surface area contributed by atoms with Gasteiger partial charge in [0, 0.05) is 13.0 Å². The van der Waals surface area contributed by atoms with Crippen LogP contribution in [0.15, 0.2) is 16.5 Å². The third-order valence-electron chi connectivity index (χ3n) is 2.31. The van der Waals surface area contributed by atoms with E-state index in [0.717, 1.165) is 17.9 Å². The minimum atomic E-state index is -0.00581. The summed E-state index contributed by atoms with van der Waals surface area (Å²) in [7, 11) is 0. The zero-order valence-electron chi connectivity index (χ0n) is 9.29. The molecule has 0 radical (unpaired) electrons. The molecular weight excluding hydrogens is 188 g/mol. The summed E-state index contributed by atoms with van der Waals surface area (Å²) in [6.07, 6.45) is 6.19. The van der Waals surface area contributed by atoms with Crippen molar-refractivity contribution in [3.05, 3.63) is 23.7 Å². The zero-order valence-corrected chi connectivity index (χ0v) is 9.29. The van der Waals surface area contributed by atoms with Crippen LogP contribution in [0, 0.1) is 12.3 Å². The quantitative estimate of drug-likeness (QED) is 0.717. The summed E-state index contributed by atoms with van der Waals surface area (Å²) in [6.45, 7) is 4.45. The number of nitrogens with one attached hydrogen (secondary N) is 1. The van der Waals surface area contributed by atoms with Gasteiger partial charge in [-0.3, -0.25) is 5.32 Å². The van der Waals surface area contributed by atoms with Crippen LogP contribution >= 0.6 is 0 Å². The highest BCUT2D eigenvalue weighted by Crippen LogP contribution is 2.16. The summed E-state index contributed by atoms with van der Waals surface area (Å²) in [5.41, 5.74) is 5.67. The predicted octanol–water partition coefficient (Wildman–Crippen LogP) is 1.45. The van der Waals surface area contributed by atoms with Crippen LogP contribution in [0.25, 0.3) is 0 Å². The van der Waals surface area contributed by atoms with E-state index < -0.39 is 0 Å². The molecule has 2 unspecified atom stereocenters. The zero-order chi connectivity index (χ0) is 11.3. The maximum Gasteiger partial charge on any atom is 0.122 e. The van der Waals surface area contributed by atoms with E-state index in [0.29, 0.717) is 6.54 Å². The van der Waals surface area contributed by atoms with Gasteiger partial charge in [0.05, 0.1) is 12.1 Å². The van der Waals surface area contributed by atoms with Crippen LogP contribution in [0.4, 0.5) is 0 Å². The number of terminal acetylenes is 1. The Morgan fingerprint density at radius 3 is 2.80 bits per heavy atom. The summed E-state index contributed by atoms with van der Waals surface area (Å²) < 4.78 is 5.62. The molecule has 1 aromatic rings. The Morgan fingerprint density at radius 2 is 2.33 bits per heavy atom. The molecule has 15 heavy (non-hydrogen) atoms. The Hall–Kier alpha value is -1.24. The van der Waals surface area contributed by atoms with E-state index in [2.05, 4.69) is 18.2 Å². The number of rotatable bonds is 5. The number of furan rings is 1. The molecule has 0 amide bonds. The van der Waals surface area contributed by atoms with Gasteiger partial charge in [-0.05, 0) is 19.1 Å². The predicted molar refractivity (Wildman–Crippen MR) is 61.3 cm³/mol. The van der Waals surface area contributed by atoms with E-state index in [1.54, 1.807) is 0 Å². The van der Waals surface area contributed by atoms with Crippen molar-refractivity contribution < 1.29 is 4.42 Å². The van der Waals surface area contributed by atoms with Gasteiger partial charge < -0.3 is 10.2 Å². The van der Waals surface area contributed by atoms with Crippen molar-refractivity contribution in [3.63, 3.8) is 0 Å². The summed E-state index contributed by atoms with van der Waals surface area (Å²) in [5, 5.41) is 3.22. The van der Waals surface area contributed by atoms with Crippen LogP contribution in [0.1, 0.15) is 31.4 Å². The van der Waals surface area contributed by atoms with Gasteiger partial charge in [-0.25, -0.2) is 0 Å². The lowest BCUT2D eigenvalue weighted by Gasteiger charge is -2.16. The second kappa shape index (κ2) is 5.59. The Labute approximate surface area is 91.0 Å². The lowest BCUT2D eigenvalue weighted by Crippen LogP contribution is -2.33. The van der Waals surface area contributed by atoms with Gasteiger partial charge in [0.15, 0.2) is 0 Å². The number of hydrogen-bond donors (Lipinski definition) is 2. The number of hydrogen-bond acceptors (Lipinski definition) is 3. The molecule has 1 aromatic heterocycles. The first kappa shape index (κ1) is 11.8. The molecule has 0 aromatic carbocycles. The van der Waals surface area contributed by atoms with Crippen molar-refractivity contribution in [2.75, 3.05) is 6.54 Å². The molecule has 0 saturated heterocycles. The highest BCUT2D eigenvalue weighted by molar-refractivity contribution is 5.12. The van der Waals surface area contributed by atoms with Crippen molar-refractivity contribution in [3.8, 4) is 12.3 Å². The van der Waals surface area contributed by atoms with Gasteiger partial charge in [0.1, 0.15) is 11.5 Å². The minimum absolute atomic E-state index is 0.00338. The van der Waals surface area contributed by atoms with E-state index in [9.17, 15) is 0 Å². The average Bonchev–Trinajstić information content (AvgIpc) is 2.73. The van der Waals surface area contributed by atoms with E-state index in [1.807, 2.05) is 19.1 Å². The van der Waals surface area contributed by atoms with Gasteiger partial charge >= 0.3 is 0 Å². The Kier molecular flexibility index (Phi) is 4.41. The molecule has 0 aliphatic carbocycles. The molecule has 3 N–H and O–H groups in total. The van der Waals surface area contributed by atoms with Crippen LogP contribution in [0.3, 0.4) is 0 Å². The van der Waals surface area contributed by atoms with Crippen LogP contribution in [-0.2, 0) is 6.42 Å². The molecule has 1 rings (SSSR count). The van der Waals surface area contributed by atoms with E-state index in [4.69, 9.17) is 16.6 Å². The Morgan fingerprint density at radius 1 is 1.60 bits per heavy atom. The largest absolute Gasteiger partial charge is 0.464 e. The molecule has 82 valence electrons. The summed E-state index contributed by atoms with van der Waals surface area (Å²) in [6, 6.07) is 3.91. The van der Waals surface area contributed by atoms with Crippen LogP contribution < -0.4 is 11.1 Å². The molecule has 3 nitrogen and oxygen atoms in total. The van der Waals surface area contributed by atoms with E-state index in [1.165, 1.54) is 0 Å². The fourth-order valence-electron chi connectivity index (χ4n) is 1.39. The molecular formula is C12H18N2O.